The second-order valence-electron chi connectivity index (χ2n) is 3.35. The van der Waals surface area contributed by atoms with Crippen molar-refractivity contribution >= 4 is 34.7 Å². The summed E-state index contributed by atoms with van der Waals surface area (Å²) in [5, 5.41) is 4.54. The van der Waals surface area contributed by atoms with E-state index in [-0.39, 0.29) is 5.95 Å². The van der Waals surface area contributed by atoms with Gasteiger partial charge in [-0.1, -0.05) is 18.5 Å². The standard InChI is InChI=1S/C10H12ClN5S/c1-2-6-3-13-8(17-6)5-14-9-7(11)4-15-10(12)16-9/h3-4H,2,5H2,1H3,(H3,12,14,15,16). The quantitative estimate of drug-likeness (QED) is 0.891. The first-order chi connectivity index (χ1) is 8.19. The molecule has 0 spiro atoms. The van der Waals surface area contributed by atoms with Crippen molar-refractivity contribution in [2.45, 2.75) is 19.9 Å². The fourth-order valence-electron chi connectivity index (χ4n) is 1.26. The molecule has 7 heteroatoms. The van der Waals surface area contributed by atoms with Gasteiger partial charge in [0.15, 0.2) is 5.82 Å². The summed E-state index contributed by atoms with van der Waals surface area (Å²) in [4.78, 5) is 13.4. The molecule has 2 rings (SSSR count). The largest absolute Gasteiger partial charge is 0.368 e. The highest BCUT2D eigenvalue weighted by molar-refractivity contribution is 7.11. The number of nitrogen functional groups attached to an aromatic ring is 1. The number of aryl methyl sites for hydroxylation is 1. The van der Waals surface area contributed by atoms with Gasteiger partial charge in [-0.3, -0.25) is 0 Å². The lowest BCUT2D eigenvalue weighted by molar-refractivity contribution is 1.06. The van der Waals surface area contributed by atoms with Crippen molar-refractivity contribution in [3.63, 3.8) is 0 Å². The first kappa shape index (κ1) is 12.1. The Bertz CT molecular complexity index is 513. The smallest absolute Gasteiger partial charge is 0.222 e. The predicted octanol–water partition coefficient (Wildman–Crippen LogP) is 2.34. The summed E-state index contributed by atoms with van der Waals surface area (Å²) in [6, 6.07) is 0. The number of nitrogens with zero attached hydrogens (tertiary/aromatic N) is 3. The van der Waals surface area contributed by atoms with Gasteiger partial charge in [-0.25, -0.2) is 9.97 Å². The van der Waals surface area contributed by atoms with Crippen LogP contribution in [-0.2, 0) is 13.0 Å². The Labute approximate surface area is 108 Å². The zero-order valence-electron chi connectivity index (χ0n) is 9.27. The average molecular weight is 270 g/mol. The number of anilines is 2. The Morgan fingerprint density at radius 2 is 2.24 bits per heavy atom. The second-order valence-corrected chi connectivity index (χ2v) is 4.96. The number of aromatic nitrogens is 3. The van der Waals surface area contributed by atoms with Crippen LogP contribution in [0, 0.1) is 0 Å². The lowest BCUT2D eigenvalue weighted by Gasteiger charge is -2.05. The maximum atomic E-state index is 5.93. The third-order valence-corrected chi connectivity index (χ3v) is 3.54. The molecule has 17 heavy (non-hydrogen) atoms. The van der Waals surface area contributed by atoms with Crippen molar-refractivity contribution in [3.05, 3.63) is 27.3 Å². The van der Waals surface area contributed by atoms with Crippen LogP contribution in [0.2, 0.25) is 5.02 Å². The molecule has 2 aromatic rings. The van der Waals surface area contributed by atoms with Gasteiger partial charge in [-0.2, -0.15) is 4.98 Å². The fourth-order valence-corrected chi connectivity index (χ4v) is 2.22. The van der Waals surface area contributed by atoms with Crippen LogP contribution in [0.3, 0.4) is 0 Å². The van der Waals surface area contributed by atoms with E-state index in [1.165, 1.54) is 11.1 Å². The van der Waals surface area contributed by atoms with Crippen molar-refractivity contribution in [1.29, 1.82) is 0 Å². The third-order valence-electron chi connectivity index (χ3n) is 2.12. The van der Waals surface area contributed by atoms with E-state index in [2.05, 4.69) is 27.2 Å². The van der Waals surface area contributed by atoms with E-state index in [4.69, 9.17) is 17.3 Å². The maximum absolute atomic E-state index is 5.93. The van der Waals surface area contributed by atoms with Crippen molar-refractivity contribution in [3.8, 4) is 0 Å². The minimum atomic E-state index is 0.199. The van der Waals surface area contributed by atoms with E-state index in [1.807, 2.05) is 6.20 Å². The van der Waals surface area contributed by atoms with E-state index in [0.717, 1.165) is 11.4 Å². The van der Waals surface area contributed by atoms with E-state index < -0.39 is 0 Å². The van der Waals surface area contributed by atoms with Gasteiger partial charge in [0.2, 0.25) is 5.95 Å². The topological polar surface area (TPSA) is 76.7 Å². The molecule has 0 saturated carbocycles. The fraction of sp³-hybridized carbons (Fsp3) is 0.300. The van der Waals surface area contributed by atoms with Gasteiger partial charge in [-0.05, 0) is 6.42 Å². The molecule has 0 aromatic carbocycles. The van der Waals surface area contributed by atoms with Gasteiger partial charge in [0.05, 0.1) is 12.7 Å². The van der Waals surface area contributed by atoms with Gasteiger partial charge in [0.1, 0.15) is 10.0 Å². The summed E-state index contributed by atoms with van der Waals surface area (Å²) >= 11 is 7.61. The van der Waals surface area contributed by atoms with Crippen molar-refractivity contribution in [2.24, 2.45) is 0 Å². The van der Waals surface area contributed by atoms with Crippen LogP contribution in [0.25, 0.3) is 0 Å². The molecule has 5 nitrogen and oxygen atoms in total. The van der Waals surface area contributed by atoms with Gasteiger partial charge >= 0.3 is 0 Å². The van der Waals surface area contributed by atoms with Crippen LogP contribution < -0.4 is 11.1 Å². The minimum Gasteiger partial charge on any atom is -0.368 e. The molecule has 0 unspecified atom stereocenters. The Morgan fingerprint density at radius 1 is 1.41 bits per heavy atom. The summed E-state index contributed by atoms with van der Waals surface area (Å²) in [6.45, 7) is 2.69. The van der Waals surface area contributed by atoms with Gasteiger partial charge in [-0.15, -0.1) is 11.3 Å². The monoisotopic (exact) mass is 269 g/mol. The molecule has 0 bridgehead atoms. The Hall–Kier alpha value is -1.40. The van der Waals surface area contributed by atoms with Crippen LogP contribution in [0.4, 0.5) is 11.8 Å². The Balaban J connectivity index is 2.04. The molecule has 0 atom stereocenters. The van der Waals surface area contributed by atoms with Crippen molar-refractivity contribution in [2.75, 3.05) is 11.1 Å². The molecule has 0 amide bonds. The third kappa shape index (κ3) is 3.04. The summed E-state index contributed by atoms with van der Waals surface area (Å²) in [6.07, 6.45) is 4.36. The molecule has 2 heterocycles. The van der Waals surface area contributed by atoms with Crippen LogP contribution >= 0.6 is 22.9 Å². The number of hydrogen-bond donors (Lipinski definition) is 2. The molecular weight excluding hydrogens is 258 g/mol. The van der Waals surface area contributed by atoms with Gasteiger partial charge in [0.25, 0.3) is 0 Å². The Morgan fingerprint density at radius 3 is 2.94 bits per heavy atom. The number of rotatable bonds is 4. The molecule has 90 valence electrons. The van der Waals surface area contributed by atoms with Crippen LogP contribution in [0.15, 0.2) is 12.4 Å². The first-order valence-corrected chi connectivity index (χ1v) is 6.34. The molecule has 0 fully saturated rings. The SMILES string of the molecule is CCc1cnc(CNc2nc(N)ncc2Cl)s1. The summed E-state index contributed by atoms with van der Waals surface area (Å²) < 4.78 is 0. The average Bonchev–Trinajstić information content (AvgIpc) is 2.78. The molecule has 0 radical (unpaired) electrons. The molecule has 0 saturated heterocycles. The Kier molecular flexibility index (Phi) is 3.75. The molecule has 2 aromatic heterocycles. The maximum Gasteiger partial charge on any atom is 0.222 e. The minimum absolute atomic E-state index is 0.199. The van der Waals surface area contributed by atoms with E-state index in [1.54, 1.807) is 11.3 Å². The summed E-state index contributed by atoms with van der Waals surface area (Å²) in [5.41, 5.74) is 5.49. The number of nitrogens with one attached hydrogen (secondary N) is 1. The molecular formula is C10H12ClN5S. The van der Waals surface area contributed by atoms with Crippen LogP contribution in [0.1, 0.15) is 16.8 Å². The molecule has 0 aliphatic heterocycles. The highest BCUT2D eigenvalue weighted by Crippen LogP contribution is 2.20. The van der Waals surface area contributed by atoms with Crippen molar-refractivity contribution in [1.82, 2.24) is 15.0 Å². The lowest BCUT2D eigenvalue weighted by atomic mass is 10.4. The lowest BCUT2D eigenvalue weighted by Crippen LogP contribution is -2.04. The van der Waals surface area contributed by atoms with E-state index in [9.17, 15) is 0 Å². The van der Waals surface area contributed by atoms with Gasteiger partial charge < -0.3 is 11.1 Å². The van der Waals surface area contributed by atoms with E-state index in [0.29, 0.717) is 17.4 Å². The number of halogens is 1. The van der Waals surface area contributed by atoms with Crippen LogP contribution in [0.5, 0.6) is 0 Å². The van der Waals surface area contributed by atoms with Gasteiger partial charge in [0, 0.05) is 11.1 Å². The molecule has 0 aliphatic rings. The van der Waals surface area contributed by atoms with E-state index >= 15 is 0 Å². The zero-order chi connectivity index (χ0) is 12.3. The van der Waals surface area contributed by atoms with Crippen molar-refractivity contribution < 1.29 is 0 Å². The van der Waals surface area contributed by atoms with Crippen LogP contribution in [-0.4, -0.2) is 15.0 Å². The summed E-state index contributed by atoms with van der Waals surface area (Å²) in [7, 11) is 0. The summed E-state index contributed by atoms with van der Waals surface area (Å²) in [5.74, 6) is 0.734. The normalized spacial score (nSPS) is 10.5. The highest BCUT2D eigenvalue weighted by Gasteiger charge is 2.05. The molecule has 0 aliphatic carbocycles. The first-order valence-electron chi connectivity index (χ1n) is 5.14. The molecule has 3 N–H and O–H groups in total. The number of nitrogens with two attached hydrogens (primary N) is 1. The highest BCUT2D eigenvalue weighted by atomic mass is 35.5. The number of hydrogen-bond acceptors (Lipinski definition) is 6. The number of thiazole rings is 1. The second kappa shape index (κ2) is 5.29. The zero-order valence-corrected chi connectivity index (χ0v) is 10.8. The predicted molar refractivity (Wildman–Crippen MR) is 70.3 cm³/mol.